The van der Waals surface area contributed by atoms with Crippen LogP contribution >= 0.6 is 0 Å². The minimum Gasteiger partial charge on any atom is -0.351 e. The largest absolute Gasteiger partial charge is 0.351 e. The Bertz CT molecular complexity index is 263. The molecule has 64 valence electrons. The standard InChI is InChI=1S/C8H10N2O2/c11-8(7-3-4-9-12-7)10-5-1-2-6-10/h3-4H,1-2,5-6H2. The molecule has 0 N–H and O–H groups in total. The van der Waals surface area contributed by atoms with Gasteiger partial charge in [-0.2, -0.15) is 0 Å². The Morgan fingerprint density at radius 3 is 2.83 bits per heavy atom. The van der Waals surface area contributed by atoms with Gasteiger partial charge in [-0.15, -0.1) is 0 Å². The van der Waals surface area contributed by atoms with Crippen LogP contribution in [0.4, 0.5) is 0 Å². The number of carbonyl (C=O) groups excluding carboxylic acids is 1. The first-order valence-corrected chi connectivity index (χ1v) is 4.08. The predicted molar refractivity (Wildman–Crippen MR) is 41.6 cm³/mol. The number of aromatic nitrogens is 1. The van der Waals surface area contributed by atoms with Gasteiger partial charge in [-0.25, -0.2) is 0 Å². The van der Waals surface area contributed by atoms with Crippen molar-refractivity contribution in [3.63, 3.8) is 0 Å². The van der Waals surface area contributed by atoms with Crippen LogP contribution in [0.1, 0.15) is 23.4 Å². The number of likely N-dealkylation sites (tertiary alicyclic amines) is 1. The molecule has 4 nitrogen and oxygen atoms in total. The van der Waals surface area contributed by atoms with Crippen LogP contribution in [0.5, 0.6) is 0 Å². The molecule has 2 heterocycles. The van der Waals surface area contributed by atoms with Gasteiger partial charge in [0.15, 0.2) is 0 Å². The third kappa shape index (κ3) is 1.20. The highest BCUT2D eigenvalue weighted by atomic mass is 16.5. The molecule has 1 aromatic rings. The van der Waals surface area contributed by atoms with Crippen LogP contribution in [-0.4, -0.2) is 29.1 Å². The number of carbonyl (C=O) groups is 1. The highest BCUT2D eigenvalue weighted by Crippen LogP contribution is 2.11. The third-order valence-electron chi connectivity index (χ3n) is 2.04. The molecule has 1 saturated heterocycles. The van der Waals surface area contributed by atoms with Gasteiger partial charge in [0, 0.05) is 19.2 Å². The van der Waals surface area contributed by atoms with Gasteiger partial charge < -0.3 is 9.42 Å². The second-order valence-electron chi connectivity index (χ2n) is 2.88. The van der Waals surface area contributed by atoms with E-state index in [2.05, 4.69) is 5.16 Å². The van der Waals surface area contributed by atoms with Gasteiger partial charge in [0.05, 0.1) is 6.20 Å². The van der Waals surface area contributed by atoms with Gasteiger partial charge in [-0.3, -0.25) is 4.79 Å². The summed E-state index contributed by atoms with van der Waals surface area (Å²) >= 11 is 0. The molecule has 0 radical (unpaired) electrons. The van der Waals surface area contributed by atoms with Crippen LogP contribution in [0.15, 0.2) is 16.8 Å². The summed E-state index contributed by atoms with van der Waals surface area (Å²) in [6, 6.07) is 1.60. The molecule has 1 aromatic heterocycles. The number of hydrogen-bond acceptors (Lipinski definition) is 3. The molecule has 1 aliphatic heterocycles. The van der Waals surface area contributed by atoms with Gasteiger partial charge in [0.1, 0.15) is 0 Å². The normalized spacial score (nSPS) is 16.8. The monoisotopic (exact) mass is 166 g/mol. The van der Waals surface area contributed by atoms with Crippen LogP contribution in [0.2, 0.25) is 0 Å². The summed E-state index contributed by atoms with van der Waals surface area (Å²) in [4.78, 5) is 13.3. The Morgan fingerprint density at radius 1 is 1.50 bits per heavy atom. The van der Waals surface area contributed by atoms with Crippen molar-refractivity contribution >= 4 is 5.91 Å². The van der Waals surface area contributed by atoms with Crippen molar-refractivity contribution in [2.75, 3.05) is 13.1 Å². The summed E-state index contributed by atoms with van der Waals surface area (Å²) in [5.74, 6) is 0.307. The first-order valence-electron chi connectivity index (χ1n) is 4.08. The topological polar surface area (TPSA) is 46.3 Å². The smallest absolute Gasteiger partial charge is 0.292 e. The van der Waals surface area contributed by atoms with Crippen LogP contribution in [0, 0.1) is 0 Å². The highest BCUT2D eigenvalue weighted by Gasteiger charge is 2.21. The fourth-order valence-electron chi connectivity index (χ4n) is 1.40. The Hall–Kier alpha value is -1.32. The molecule has 1 aliphatic rings. The van der Waals surface area contributed by atoms with Crippen LogP contribution in [-0.2, 0) is 0 Å². The van der Waals surface area contributed by atoms with Crippen molar-refractivity contribution in [3.05, 3.63) is 18.0 Å². The van der Waals surface area contributed by atoms with E-state index in [4.69, 9.17) is 4.52 Å². The molecule has 1 amide bonds. The minimum absolute atomic E-state index is 0.0370. The van der Waals surface area contributed by atoms with E-state index in [0.717, 1.165) is 25.9 Å². The molecule has 1 fully saturated rings. The summed E-state index contributed by atoms with van der Waals surface area (Å²) in [5.41, 5.74) is 0. The first-order chi connectivity index (χ1) is 5.88. The number of nitrogens with zero attached hydrogens (tertiary/aromatic N) is 2. The maximum atomic E-state index is 11.5. The summed E-state index contributed by atoms with van der Waals surface area (Å²) in [7, 11) is 0. The van der Waals surface area contributed by atoms with E-state index in [1.54, 1.807) is 11.0 Å². The third-order valence-corrected chi connectivity index (χ3v) is 2.04. The van der Waals surface area contributed by atoms with E-state index in [0.29, 0.717) is 5.76 Å². The Balaban J connectivity index is 2.09. The van der Waals surface area contributed by atoms with Crippen LogP contribution in [0.3, 0.4) is 0 Å². The molecule has 0 aliphatic carbocycles. The summed E-state index contributed by atoms with van der Waals surface area (Å²) in [6.07, 6.45) is 3.68. The molecule has 12 heavy (non-hydrogen) atoms. The lowest BCUT2D eigenvalue weighted by Crippen LogP contribution is -2.27. The summed E-state index contributed by atoms with van der Waals surface area (Å²) in [6.45, 7) is 1.69. The van der Waals surface area contributed by atoms with Gasteiger partial charge in [0.25, 0.3) is 5.91 Å². The second kappa shape index (κ2) is 2.97. The number of rotatable bonds is 1. The molecule has 0 spiro atoms. The summed E-state index contributed by atoms with van der Waals surface area (Å²) < 4.78 is 4.77. The maximum Gasteiger partial charge on any atom is 0.292 e. The molecule has 2 rings (SSSR count). The van der Waals surface area contributed by atoms with Crippen molar-refractivity contribution in [3.8, 4) is 0 Å². The van der Waals surface area contributed by atoms with E-state index < -0.39 is 0 Å². The Morgan fingerprint density at radius 2 is 2.25 bits per heavy atom. The Kier molecular flexibility index (Phi) is 1.81. The quantitative estimate of drug-likeness (QED) is 0.623. The predicted octanol–water partition coefficient (Wildman–Crippen LogP) is 0.911. The van der Waals surface area contributed by atoms with Crippen molar-refractivity contribution in [2.24, 2.45) is 0 Å². The van der Waals surface area contributed by atoms with E-state index in [9.17, 15) is 4.79 Å². The molecule has 0 atom stereocenters. The molecule has 0 bridgehead atoms. The lowest BCUT2D eigenvalue weighted by molar-refractivity contribution is 0.0751. The van der Waals surface area contributed by atoms with E-state index >= 15 is 0 Å². The average molecular weight is 166 g/mol. The molecular weight excluding hydrogens is 156 g/mol. The van der Waals surface area contributed by atoms with E-state index in [-0.39, 0.29) is 5.91 Å². The number of hydrogen-bond donors (Lipinski definition) is 0. The maximum absolute atomic E-state index is 11.5. The van der Waals surface area contributed by atoms with E-state index in [1.807, 2.05) is 0 Å². The molecule has 0 aromatic carbocycles. The van der Waals surface area contributed by atoms with E-state index in [1.165, 1.54) is 6.20 Å². The molecule has 4 heteroatoms. The average Bonchev–Trinajstić information content (AvgIpc) is 2.77. The van der Waals surface area contributed by atoms with Crippen molar-refractivity contribution < 1.29 is 9.32 Å². The fraction of sp³-hybridized carbons (Fsp3) is 0.500. The lowest BCUT2D eigenvalue weighted by Gasteiger charge is -2.11. The molecule has 0 saturated carbocycles. The van der Waals surface area contributed by atoms with Crippen LogP contribution < -0.4 is 0 Å². The molecule has 0 unspecified atom stereocenters. The summed E-state index contributed by atoms with van der Waals surface area (Å²) in [5, 5.41) is 3.49. The zero-order valence-electron chi connectivity index (χ0n) is 6.69. The van der Waals surface area contributed by atoms with Crippen molar-refractivity contribution in [1.29, 1.82) is 0 Å². The highest BCUT2D eigenvalue weighted by molar-refractivity contribution is 5.91. The minimum atomic E-state index is -0.0370. The molecular formula is C8H10N2O2. The van der Waals surface area contributed by atoms with Crippen molar-refractivity contribution in [1.82, 2.24) is 10.1 Å². The van der Waals surface area contributed by atoms with Gasteiger partial charge in [0.2, 0.25) is 5.76 Å². The number of amides is 1. The Labute approximate surface area is 70.1 Å². The van der Waals surface area contributed by atoms with Crippen molar-refractivity contribution in [2.45, 2.75) is 12.8 Å². The first kappa shape index (κ1) is 7.34. The van der Waals surface area contributed by atoms with Gasteiger partial charge in [-0.1, -0.05) is 5.16 Å². The SMILES string of the molecule is O=C(c1ccno1)N1CCCC1. The zero-order valence-corrected chi connectivity index (χ0v) is 6.69. The van der Waals surface area contributed by atoms with Gasteiger partial charge >= 0.3 is 0 Å². The second-order valence-corrected chi connectivity index (χ2v) is 2.88. The van der Waals surface area contributed by atoms with Crippen LogP contribution in [0.25, 0.3) is 0 Å². The zero-order chi connectivity index (χ0) is 8.39. The fourth-order valence-corrected chi connectivity index (χ4v) is 1.40. The lowest BCUT2D eigenvalue weighted by atomic mass is 10.4. The van der Waals surface area contributed by atoms with Gasteiger partial charge in [-0.05, 0) is 12.8 Å².